The van der Waals surface area contributed by atoms with Crippen molar-refractivity contribution in [1.29, 1.82) is 10.5 Å². The Hall–Kier alpha value is -2.54. The lowest BCUT2D eigenvalue weighted by atomic mass is 10.4. The molecule has 1 heterocycles. The summed E-state index contributed by atoms with van der Waals surface area (Å²) in [7, 11) is 0. The molecule has 0 unspecified atom stereocenters. The van der Waals surface area contributed by atoms with Crippen molar-refractivity contribution in [2.45, 2.75) is 6.54 Å². The van der Waals surface area contributed by atoms with Crippen LogP contribution in [0.4, 0.5) is 5.69 Å². The smallest absolute Gasteiger partial charge is 0.246 e. The summed E-state index contributed by atoms with van der Waals surface area (Å²) in [6.45, 7) is -0.243. The number of nitriles is 2. The van der Waals surface area contributed by atoms with Crippen LogP contribution in [0.2, 0.25) is 0 Å². The Morgan fingerprint density at radius 2 is 2.12 bits per heavy atom. The highest BCUT2D eigenvalue weighted by atomic mass is 16.2. The number of anilines is 1. The zero-order valence-corrected chi connectivity index (χ0v) is 8.50. The summed E-state index contributed by atoms with van der Waals surface area (Å²) in [6, 6.07) is 3.65. The fraction of sp³-hybridized carbons (Fsp3) is 0.333. The number of nitrogens with zero attached hydrogens (tertiary/aromatic N) is 5. The predicted molar refractivity (Wildman–Crippen MR) is 54.4 cm³/mol. The van der Waals surface area contributed by atoms with E-state index in [4.69, 9.17) is 16.3 Å². The summed E-state index contributed by atoms with van der Waals surface area (Å²) in [5.74, 6) is -0.341. The van der Waals surface area contributed by atoms with E-state index >= 15 is 0 Å². The number of hydrogen-bond acceptors (Lipinski definition) is 5. The number of carbonyl (C=O) groups excluding carboxylic acids is 1. The molecule has 16 heavy (non-hydrogen) atoms. The molecule has 0 aliphatic heterocycles. The number of rotatable bonds is 4. The zero-order valence-electron chi connectivity index (χ0n) is 8.50. The van der Waals surface area contributed by atoms with Crippen LogP contribution in [0.25, 0.3) is 0 Å². The Labute approximate surface area is 92.3 Å². The van der Waals surface area contributed by atoms with Crippen molar-refractivity contribution < 1.29 is 4.79 Å². The van der Waals surface area contributed by atoms with Crippen molar-refractivity contribution in [3.05, 3.63) is 12.4 Å². The zero-order chi connectivity index (χ0) is 12.0. The van der Waals surface area contributed by atoms with Gasteiger partial charge in [0.1, 0.15) is 19.6 Å². The molecule has 82 valence electrons. The first-order chi connectivity index (χ1) is 7.67. The maximum atomic E-state index is 11.6. The largest absolute Gasteiger partial charge is 0.396 e. The molecular formula is C9H10N6O. The minimum Gasteiger partial charge on any atom is -0.396 e. The van der Waals surface area contributed by atoms with E-state index in [2.05, 4.69) is 5.10 Å². The first kappa shape index (κ1) is 11.5. The maximum absolute atomic E-state index is 11.6. The molecule has 0 aromatic carbocycles. The van der Waals surface area contributed by atoms with Gasteiger partial charge in [-0.05, 0) is 0 Å². The van der Waals surface area contributed by atoms with E-state index in [1.165, 1.54) is 17.1 Å². The molecule has 0 fully saturated rings. The lowest BCUT2D eigenvalue weighted by molar-refractivity contribution is -0.130. The molecule has 1 amide bonds. The highest BCUT2D eigenvalue weighted by Crippen LogP contribution is 1.99. The fourth-order valence-electron chi connectivity index (χ4n) is 1.11. The van der Waals surface area contributed by atoms with Crippen molar-refractivity contribution in [2.24, 2.45) is 0 Å². The molecule has 7 nitrogen and oxygen atoms in total. The third-order valence-electron chi connectivity index (χ3n) is 1.83. The Kier molecular flexibility index (Phi) is 3.87. The number of hydrogen-bond donors (Lipinski definition) is 1. The van der Waals surface area contributed by atoms with E-state index in [0.717, 1.165) is 4.90 Å². The summed E-state index contributed by atoms with van der Waals surface area (Å²) in [4.78, 5) is 12.8. The molecular weight excluding hydrogens is 208 g/mol. The van der Waals surface area contributed by atoms with E-state index in [1.54, 1.807) is 0 Å². The van der Waals surface area contributed by atoms with Gasteiger partial charge >= 0.3 is 0 Å². The summed E-state index contributed by atoms with van der Waals surface area (Å²) in [5, 5.41) is 20.8. The molecule has 0 aliphatic carbocycles. The SMILES string of the molecule is N#CCN(CC#N)C(=O)Cn1cc(N)cn1. The summed E-state index contributed by atoms with van der Waals surface area (Å²) < 4.78 is 1.36. The van der Waals surface area contributed by atoms with Crippen LogP contribution in [0, 0.1) is 22.7 Å². The van der Waals surface area contributed by atoms with Crippen molar-refractivity contribution in [3.63, 3.8) is 0 Å². The first-order valence-electron chi connectivity index (χ1n) is 4.47. The molecule has 0 bridgehead atoms. The van der Waals surface area contributed by atoms with Gasteiger partial charge in [-0.25, -0.2) is 0 Å². The van der Waals surface area contributed by atoms with Gasteiger partial charge in [-0.1, -0.05) is 0 Å². The summed E-state index contributed by atoms with van der Waals surface area (Å²) in [6.07, 6.45) is 2.93. The quantitative estimate of drug-likeness (QED) is 0.674. The van der Waals surface area contributed by atoms with E-state index in [1.807, 2.05) is 12.1 Å². The molecule has 1 aromatic heterocycles. The Morgan fingerprint density at radius 3 is 2.56 bits per heavy atom. The molecule has 0 aliphatic rings. The molecule has 0 spiro atoms. The molecule has 7 heteroatoms. The van der Waals surface area contributed by atoms with Gasteiger partial charge in [-0.2, -0.15) is 15.6 Å². The second-order valence-corrected chi connectivity index (χ2v) is 3.04. The number of nitrogen functional groups attached to an aromatic ring is 1. The number of nitrogens with two attached hydrogens (primary N) is 1. The van der Waals surface area contributed by atoms with Gasteiger partial charge in [0.15, 0.2) is 0 Å². The van der Waals surface area contributed by atoms with Crippen LogP contribution < -0.4 is 5.73 Å². The second kappa shape index (κ2) is 5.37. The molecule has 0 radical (unpaired) electrons. The van der Waals surface area contributed by atoms with Gasteiger partial charge < -0.3 is 10.6 Å². The Morgan fingerprint density at radius 1 is 1.50 bits per heavy atom. The monoisotopic (exact) mass is 218 g/mol. The molecule has 1 aromatic rings. The van der Waals surface area contributed by atoms with Gasteiger partial charge in [0, 0.05) is 6.20 Å². The molecule has 0 saturated carbocycles. The average molecular weight is 218 g/mol. The van der Waals surface area contributed by atoms with Crippen molar-refractivity contribution in [3.8, 4) is 12.1 Å². The Balaban J connectivity index is 2.63. The van der Waals surface area contributed by atoms with E-state index in [-0.39, 0.29) is 25.5 Å². The van der Waals surface area contributed by atoms with Crippen LogP contribution in [0.15, 0.2) is 12.4 Å². The van der Waals surface area contributed by atoms with Crippen molar-refractivity contribution >= 4 is 11.6 Å². The maximum Gasteiger partial charge on any atom is 0.246 e. The molecule has 2 N–H and O–H groups in total. The second-order valence-electron chi connectivity index (χ2n) is 3.04. The van der Waals surface area contributed by atoms with E-state index in [9.17, 15) is 4.79 Å². The minimum absolute atomic E-state index is 0.0272. The number of aromatic nitrogens is 2. The van der Waals surface area contributed by atoms with Crippen molar-refractivity contribution in [2.75, 3.05) is 18.8 Å². The lowest BCUT2D eigenvalue weighted by Crippen LogP contribution is -2.34. The van der Waals surface area contributed by atoms with Gasteiger partial charge in [0.05, 0.1) is 24.0 Å². The third kappa shape index (κ3) is 3.00. The standard InChI is InChI=1S/C9H10N6O/c10-1-3-14(4-2-11)9(16)7-15-6-8(12)5-13-15/h5-6H,3-4,7,12H2. The van der Waals surface area contributed by atoms with Gasteiger partial charge in [0.2, 0.25) is 5.91 Å². The first-order valence-corrected chi connectivity index (χ1v) is 4.47. The summed E-state index contributed by atoms with van der Waals surface area (Å²) in [5.41, 5.74) is 5.89. The normalized spacial score (nSPS) is 9.12. The fourth-order valence-corrected chi connectivity index (χ4v) is 1.11. The van der Waals surface area contributed by atoms with Crippen molar-refractivity contribution in [1.82, 2.24) is 14.7 Å². The van der Waals surface area contributed by atoms with Gasteiger partial charge in [0.25, 0.3) is 0 Å². The minimum atomic E-state index is -0.341. The molecule has 1 rings (SSSR count). The molecule has 0 saturated heterocycles. The van der Waals surface area contributed by atoms with Crippen LogP contribution in [-0.4, -0.2) is 33.7 Å². The van der Waals surface area contributed by atoms with E-state index < -0.39 is 0 Å². The van der Waals surface area contributed by atoms with Gasteiger partial charge in [-0.3, -0.25) is 9.48 Å². The Bertz CT molecular complexity index is 435. The average Bonchev–Trinajstić information content (AvgIpc) is 2.63. The highest BCUT2D eigenvalue weighted by Gasteiger charge is 2.13. The molecule has 0 atom stereocenters. The highest BCUT2D eigenvalue weighted by molar-refractivity contribution is 5.76. The van der Waals surface area contributed by atoms with Crippen LogP contribution in [-0.2, 0) is 11.3 Å². The predicted octanol–water partition coefficient (Wildman–Crippen LogP) is -0.659. The van der Waals surface area contributed by atoms with Crippen LogP contribution in [0.3, 0.4) is 0 Å². The topological polar surface area (TPSA) is 112 Å². The van der Waals surface area contributed by atoms with Gasteiger partial charge in [-0.15, -0.1) is 0 Å². The van der Waals surface area contributed by atoms with Crippen LogP contribution in [0.1, 0.15) is 0 Å². The summed E-state index contributed by atoms with van der Waals surface area (Å²) >= 11 is 0. The lowest BCUT2D eigenvalue weighted by Gasteiger charge is -2.15. The van der Waals surface area contributed by atoms with E-state index in [0.29, 0.717) is 5.69 Å². The van der Waals surface area contributed by atoms with Crippen LogP contribution in [0.5, 0.6) is 0 Å². The number of carbonyl (C=O) groups is 1. The number of amides is 1. The third-order valence-corrected chi connectivity index (χ3v) is 1.83. The van der Waals surface area contributed by atoms with Crippen LogP contribution >= 0.6 is 0 Å².